The summed E-state index contributed by atoms with van der Waals surface area (Å²) in [5, 5.41) is 0. The van der Waals surface area contributed by atoms with Gasteiger partial charge in [-0.05, 0) is 31.0 Å². The first-order chi connectivity index (χ1) is 11.9. The Bertz CT molecular complexity index is 730. The van der Waals surface area contributed by atoms with Gasteiger partial charge < -0.3 is 14.4 Å². The zero-order chi connectivity index (χ0) is 18.4. The van der Waals surface area contributed by atoms with E-state index in [1.165, 1.54) is 13.2 Å². The van der Waals surface area contributed by atoms with Crippen molar-refractivity contribution in [2.45, 2.75) is 25.8 Å². The molecule has 0 bridgehead atoms. The summed E-state index contributed by atoms with van der Waals surface area (Å²) >= 11 is 0. The van der Waals surface area contributed by atoms with Crippen molar-refractivity contribution >= 4 is 21.7 Å². The molecule has 0 radical (unpaired) electrons. The molecule has 1 heterocycles. The molecule has 0 aliphatic carbocycles. The zero-order valence-corrected chi connectivity index (χ0v) is 15.3. The highest BCUT2D eigenvalue weighted by molar-refractivity contribution is 7.91. The Kier molecular flexibility index (Phi) is 6.41. The van der Waals surface area contributed by atoms with Crippen LogP contribution in [0.1, 0.15) is 30.1 Å². The second-order valence-electron chi connectivity index (χ2n) is 5.95. The van der Waals surface area contributed by atoms with Crippen molar-refractivity contribution in [2.24, 2.45) is 0 Å². The van der Waals surface area contributed by atoms with Crippen molar-refractivity contribution in [3.8, 4) is 5.75 Å². The van der Waals surface area contributed by atoms with Crippen LogP contribution in [0.2, 0.25) is 0 Å². The fourth-order valence-electron chi connectivity index (χ4n) is 2.83. The van der Waals surface area contributed by atoms with Gasteiger partial charge in [0.05, 0.1) is 24.2 Å². The van der Waals surface area contributed by atoms with Gasteiger partial charge in [0.1, 0.15) is 5.75 Å². The molecule has 1 amide bonds. The first kappa shape index (κ1) is 19.2. The minimum absolute atomic E-state index is 0.0105. The van der Waals surface area contributed by atoms with Crippen molar-refractivity contribution in [3.05, 3.63) is 29.8 Å². The summed E-state index contributed by atoms with van der Waals surface area (Å²) in [5.74, 6) is -0.233. The van der Waals surface area contributed by atoms with Crippen LogP contribution in [0.3, 0.4) is 0 Å². The number of amides is 1. The van der Waals surface area contributed by atoms with E-state index in [2.05, 4.69) is 4.74 Å². The molecule has 0 spiro atoms. The SMILES string of the molecule is CCCN(C(=O)COc1cccc(C(=O)OC)c1)[C@H]1CCS(=O)(=O)C1. The molecule has 138 valence electrons. The maximum Gasteiger partial charge on any atom is 0.337 e. The van der Waals surface area contributed by atoms with Crippen LogP contribution in [0.5, 0.6) is 5.75 Å². The molecular weight excluding hydrogens is 346 g/mol. The van der Waals surface area contributed by atoms with E-state index in [0.29, 0.717) is 24.3 Å². The fourth-order valence-corrected chi connectivity index (χ4v) is 4.56. The first-order valence-electron chi connectivity index (χ1n) is 8.17. The van der Waals surface area contributed by atoms with Gasteiger partial charge in [0.15, 0.2) is 16.4 Å². The van der Waals surface area contributed by atoms with Crippen LogP contribution in [-0.2, 0) is 19.4 Å². The molecule has 7 nitrogen and oxygen atoms in total. The van der Waals surface area contributed by atoms with Crippen LogP contribution < -0.4 is 4.74 Å². The minimum atomic E-state index is -3.06. The Morgan fingerprint density at radius 2 is 2.08 bits per heavy atom. The molecule has 1 aliphatic heterocycles. The number of hydrogen-bond acceptors (Lipinski definition) is 6. The third-order valence-electron chi connectivity index (χ3n) is 4.05. The third kappa shape index (κ3) is 5.19. The van der Waals surface area contributed by atoms with Crippen LogP contribution in [0.4, 0.5) is 0 Å². The Labute approximate surface area is 147 Å². The van der Waals surface area contributed by atoms with Crippen molar-refractivity contribution in [1.29, 1.82) is 0 Å². The van der Waals surface area contributed by atoms with Crippen molar-refractivity contribution < 1.29 is 27.5 Å². The predicted molar refractivity (Wildman–Crippen MR) is 92.3 cm³/mol. The van der Waals surface area contributed by atoms with E-state index in [1.54, 1.807) is 23.1 Å². The highest BCUT2D eigenvalue weighted by Crippen LogP contribution is 2.19. The summed E-state index contributed by atoms with van der Waals surface area (Å²) in [6.45, 7) is 2.22. The average Bonchev–Trinajstić information content (AvgIpc) is 2.96. The number of hydrogen-bond donors (Lipinski definition) is 0. The summed E-state index contributed by atoms with van der Waals surface area (Å²) in [5.41, 5.74) is 0.333. The average molecular weight is 369 g/mol. The number of esters is 1. The smallest absolute Gasteiger partial charge is 0.337 e. The molecule has 1 aliphatic rings. The van der Waals surface area contributed by atoms with Crippen molar-refractivity contribution in [1.82, 2.24) is 4.90 Å². The summed E-state index contributed by atoms with van der Waals surface area (Å²) in [6.07, 6.45) is 1.20. The maximum atomic E-state index is 12.5. The molecule has 1 aromatic rings. The van der Waals surface area contributed by atoms with Gasteiger partial charge in [0.25, 0.3) is 5.91 Å². The van der Waals surface area contributed by atoms with Crippen LogP contribution in [-0.4, -0.2) is 63.0 Å². The Balaban J connectivity index is 2.00. The zero-order valence-electron chi connectivity index (χ0n) is 14.4. The molecule has 0 N–H and O–H groups in total. The highest BCUT2D eigenvalue weighted by Gasteiger charge is 2.34. The monoisotopic (exact) mass is 369 g/mol. The van der Waals surface area contributed by atoms with Gasteiger partial charge in [-0.3, -0.25) is 4.79 Å². The lowest BCUT2D eigenvalue weighted by Crippen LogP contribution is -2.44. The van der Waals surface area contributed by atoms with Gasteiger partial charge in [0.2, 0.25) is 0 Å². The van der Waals surface area contributed by atoms with Gasteiger partial charge in [-0.2, -0.15) is 0 Å². The second kappa shape index (κ2) is 8.33. The fraction of sp³-hybridized carbons (Fsp3) is 0.529. The predicted octanol–water partition coefficient (Wildman–Crippen LogP) is 1.28. The van der Waals surface area contributed by atoms with E-state index in [9.17, 15) is 18.0 Å². The van der Waals surface area contributed by atoms with E-state index in [0.717, 1.165) is 6.42 Å². The van der Waals surface area contributed by atoms with E-state index in [4.69, 9.17) is 4.74 Å². The number of rotatable bonds is 7. The van der Waals surface area contributed by atoms with E-state index in [1.807, 2.05) is 6.92 Å². The number of ether oxygens (including phenoxy) is 2. The number of carbonyl (C=O) groups is 2. The lowest BCUT2D eigenvalue weighted by atomic mass is 10.2. The van der Waals surface area contributed by atoms with E-state index >= 15 is 0 Å². The lowest BCUT2D eigenvalue weighted by Gasteiger charge is -2.27. The Morgan fingerprint density at radius 1 is 1.32 bits per heavy atom. The lowest BCUT2D eigenvalue weighted by molar-refractivity contribution is -0.135. The topological polar surface area (TPSA) is 90.0 Å². The molecule has 1 saturated heterocycles. The molecule has 0 saturated carbocycles. The maximum absolute atomic E-state index is 12.5. The molecule has 25 heavy (non-hydrogen) atoms. The number of carbonyl (C=O) groups excluding carboxylic acids is 2. The number of nitrogens with zero attached hydrogens (tertiary/aromatic N) is 1. The van der Waals surface area contributed by atoms with Crippen molar-refractivity contribution in [3.63, 3.8) is 0 Å². The summed E-state index contributed by atoms with van der Waals surface area (Å²) in [6, 6.07) is 6.09. The van der Waals surface area contributed by atoms with Gasteiger partial charge in [-0.15, -0.1) is 0 Å². The molecule has 1 aromatic carbocycles. The van der Waals surface area contributed by atoms with Gasteiger partial charge in [-0.25, -0.2) is 13.2 Å². The number of benzene rings is 1. The molecule has 1 atom stereocenters. The molecule has 0 aromatic heterocycles. The normalized spacial score (nSPS) is 18.6. The molecule has 0 unspecified atom stereocenters. The quantitative estimate of drug-likeness (QED) is 0.673. The molecule has 8 heteroatoms. The Hall–Kier alpha value is -2.09. The van der Waals surface area contributed by atoms with Crippen LogP contribution in [0.25, 0.3) is 0 Å². The number of methoxy groups -OCH3 is 1. The highest BCUT2D eigenvalue weighted by atomic mass is 32.2. The van der Waals surface area contributed by atoms with E-state index in [-0.39, 0.29) is 30.1 Å². The van der Waals surface area contributed by atoms with Crippen LogP contribution in [0.15, 0.2) is 24.3 Å². The molecule has 2 rings (SSSR count). The second-order valence-corrected chi connectivity index (χ2v) is 8.18. The third-order valence-corrected chi connectivity index (χ3v) is 5.80. The number of sulfone groups is 1. The van der Waals surface area contributed by atoms with Gasteiger partial charge >= 0.3 is 5.97 Å². The molecular formula is C17H23NO6S. The first-order valence-corrected chi connectivity index (χ1v) is 9.99. The van der Waals surface area contributed by atoms with Gasteiger partial charge in [-0.1, -0.05) is 13.0 Å². The molecule has 1 fully saturated rings. The Morgan fingerprint density at radius 3 is 2.68 bits per heavy atom. The van der Waals surface area contributed by atoms with E-state index < -0.39 is 15.8 Å². The van der Waals surface area contributed by atoms with Crippen LogP contribution in [0, 0.1) is 0 Å². The summed E-state index contributed by atoms with van der Waals surface area (Å²) in [4.78, 5) is 25.6. The summed E-state index contributed by atoms with van der Waals surface area (Å²) < 4.78 is 33.5. The summed E-state index contributed by atoms with van der Waals surface area (Å²) in [7, 11) is -1.77. The largest absolute Gasteiger partial charge is 0.484 e. The van der Waals surface area contributed by atoms with Gasteiger partial charge in [0, 0.05) is 12.6 Å². The standard InChI is InChI=1S/C17H23NO6S/c1-3-8-18(14-7-9-25(21,22)12-14)16(19)11-24-15-6-4-5-13(10-15)17(20)23-2/h4-6,10,14H,3,7-9,11-12H2,1-2H3/t14-/m0/s1. The van der Waals surface area contributed by atoms with Crippen molar-refractivity contribution in [2.75, 3.05) is 31.8 Å². The van der Waals surface area contributed by atoms with Crippen LogP contribution >= 0.6 is 0 Å². The minimum Gasteiger partial charge on any atom is -0.484 e.